The fourth-order valence-corrected chi connectivity index (χ4v) is 3.91. The topological polar surface area (TPSA) is 59.0 Å². The highest BCUT2D eigenvalue weighted by Crippen LogP contribution is 2.44. The molecule has 2 aromatic heterocycles. The first-order chi connectivity index (χ1) is 11.2. The predicted octanol–water partition coefficient (Wildman–Crippen LogP) is 3.07. The summed E-state index contributed by atoms with van der Waals surface area (Å²) in [5.74, 6) is 1.47. The first kappa shape index (κ1) is 14.9. The third-order valence-electron chi connectivity index (χ3n) is 4.62. The standard InChI is InChI=1S/C17H22N4OS/c1-2-21-9-13(8-19-21)20-17(22)12-5-16(23-10-12)14-6-15(14)18-7-11-3-4-11/h5,8-11,14-15,18H,2-4,6-7H2,1H3,(H,20,22). The average molecular weight is 330 g/mol. The second-order valence-electron chi connectivity index (χ2n) is 6.58. The van der Waals surface area contributed by atoms with Crippen molar-refractivity contribution in [1.82, 2.24) is 15.1 Å². The first-order valence-electron chi connectivity index (χ1n) is 8.38. The van der Waals surface area contributed by atoms with Crippen LogP contribution in [0.3, 0.4) is 0 Å². The lowest BCUT2D eigenvalue weighted by Crippen LogP contribution is -2.20. The van der Waals surface area contributed by atoms with Crippen LogP contribution in [0.4, 0.5) is 5.69 Å². The highest BCUT2D eigenvalue weighted by Gasteiger charge is 2.40. The van der Waals surface area contributed by atoms with Crippen LogP contribution in [0.15, 0.2) is 23.8 Å². The van der Waals surface area contributed by atoms with Crippen LogP contribution in [-0.2, 0) is 6.54 Å². The largest absolute Gasteiger partial charge is 0.319 e. The lowest BCUT2D eigenvalue weighted by molar-refractivity contribution is 0.102. The minimum atomic E-state index is -0.0497. The van der Waals surface area contributed by atoms with Gasteiger partial charge in [-0.2, -0.15) is 5.10 Å². The third-order valence-corrected chi connectivity index (χ3v) is 5.68. The molecule has 122 valence electrons. The Balaban J connectivity index is 1.33. The Morgan fingerprint density at radius 2 is 2.35 bits per heavy atom. The van der Waals surface area contributed by atoms with Crippen LogP contribution in [0, 0.1) is 5.92 Å². The monoisotopic (exact) mass is 330 g/mol. The fraction of sp³-hybridized carbons (Fsp3) is 0.529. The van der Waals surface area contributed by atoms with E-state index < -0.39 is 0 Å². The molecule has 0 saturated heterocycles. The average Bonchev–Trinajstić information content (AvgIpc) is 3.43. The zero-order valence-corrected chi connectivity index (χ0v) is 14.1. The Hall–Kier alpha value is -1.66. The van der Waals surface area contributed by atoms with Gasteiger partial charge in [-0.3, -0.25) is 9.48 Å². The van der Waals surface area contributed by atoms with Crippen molar-refractivity contribution in [3.8, 4) is 0 Å². The molecule has 2 aliphatic rings. The quantitative estimate of drug-likeness (QED) is 0.820. The van der Waals surface area contributed by atoms with E-state index in [1.165, 1.54) is 30.7 Å². The van der Waals surface area contributed by atoms with Gasteiger partial charge in [0.15, 0.2) is 0 Å². The van der Waals surface area contributed by atoms with E-state index >= 15 is 0 Å². The van der Waals surface area contributed by atoms with Gasteiger partial charge in [0.2, 0.25) is 0 Å². The maximum Gasteiger partial charge on any atom is 0.256 e. The van der Waals surface area contributed by atoms with Crippen molar-refractivity contribution in [1.29, 1.82) is 0 Å². The lowest BCUT2D eigenvalue weighted by atomic mass is 10.2. The van der Waals surface area contributed by atoms with Gasteiger partial charge in [0.25, 0.3) is 5.91 Å². The number of amides is 1. The minimum absolute atomic E-state index is 0.0497. The zero-order chi connectivity index (χ0) is 15.8. The number of nitrogens with zero attached hydrogens (tertiary/aromatic N) is 2. The summed E-state index contributed by atoms with van der Waals surface area (Å²) in [6, 6.07) is 2.67. The van der Waals surface area contributed by atoms with Gasteiger partial charge in [-0.25, -0.2) is 0 Å². The molecule has 2 N–H and O–H groups in total. The number of carbonyl (C=O) groups excluding carboxylic acids is 1. The Bertz CT molecular complexity index is 703. The van der Waals surface area contributed by atoms with Crippen molar-refractivity contribution in [3.63, 3.8) is 0 Å². The molecule has 2 atom stereocenters. The molecule has 4 rings (SSSR count). The number of nitrogens with one attached hydrogen (secondary N) is 2. The van der Waals surface area contributed by atoms with E-state index in [2.05, 4.69) is 15.7 Å². The van der Waals surface area contributed by atoms with Crippen LogP contribution in [0.25, 0.3) is 0 Å². The zero-order valence-electron chi connectivity index (χ0n) is 13.3. The minimum Gasteiger partial charge on any atom is -0.319 e. The second-order valence-corrected chi connectivity index (χ2v) is 7.52. The molecule has 2 aliphatic carbocycles. The molecular formula is C17H22N4OS. The summed E-state index contributed by atoms with van der Waals surface area (Å²) in [5.41, 5.74) is 1.50. The number of hydrogen-bond donors (Lipinski definition) is 2. The van der Waals surface area contributed by atoms with E-state index in [9.17, 15) is 4.79 Å². The summed E-state index contributed by atoms with van der Waals surface area (Å²) in [5, 5.41) is 12.7. The Morgan fingerprint density at radius 1 is 1.48 bits per heavy atom. The normalized spacial score (nSPS) is 23.0. The third kappa shape index (κ3) is 3.48. The smallest absolute Gasteiger partial charge is 0.256 e. The van der Waals surface area contributed by atoms with Gasteiger partial charge in [0, 0.05) is 35.0 Å². The van der Waals surface area contributed by atoms with Crippen molar-refractivity contribution in [2.45, 2.75) is 44.7 Å². The van der Waals surface area contributed by atoms with Crippen molar-refractivity contribution in [2.24, 2.45) is 5.92 Å². The number of aryl methyl sites for hydroxylation is 1. The molecule has 6 heteroatoms. The van der Waals surface area contributed by atoms with Crippen LogP contribution < -0.4 is 10.6 Å². The highest BCUT2D eigenvalue weighted by atomic mass is 32.1. The fourth-order valence-electron chi connectivity index (χ4n) is 2.85. The number of aromatic nitrogens is 2. The van der Waals surface area contributed by atoms with Crippen LogP contribution in [0.5, 0.6) is 0 Å². The molecule has 0 radical (unpaired) electrons. The highest BCUT2D eigenvalue weighted by molar-refractivity contribution is 7.10. The van der Waals surface area contributed by atoms with E-state index in [0.717, 1.165) is 23.7 Å². The van der Waals surface area contributed by atoms with E-state index in [1.54, 1.807) is 22.2 Å². The molecule has 1 amide bonds. The van der Waals surface area contributed by atoms with Crippen molar-refractivity contribution < 1.29 is 4.79 Å². The van der Waals surface area contributed by atoms with E-state index in [1.807, 2.05) is 24.6 Å². The molecule has 0 spiro atoms. The summed E-state index contributed by atoms with van der Waals surface area (Å²) in [4.78, 5) is 13.6. The Morgan fingerprint density at radius 3 is 3.09 bits per heavy atom. The number of anilines is 1. The molecule has 2 fully saturated rings. The number of hydrogen-bond acceptors (Lipinski definition) is 4. The van der Waals surface area contributed by atoms with Gasteiger partial charge >= 0.3 is 0 Å². The van der Waals surface area contributed by atoms with Crippen LogP contribution >= 0.6 is 11.3 Å². The van der Waals surface area contributed by atoms with E-state index in [4.69, 9.17) is 0 Å². The maximum atomic E-state index is 12.3. The summed E-state index contributed by atoms with van der Waals surface area (Å²) in [7, 11) is 0. The predicted molar refractivity (Wildman–Crippen MR) is 92.0 cm³/mol. The first-order valence-corrected chi connectivity index (χ1v) is 9.26. The summed E-state index contributed by atoms with van der Waals surface area (Å²) in [6.45, 7) is 3.99. The second kappa shape index (κ2) is 6.09. The van der Waals surface area contributed by atoms with Gasteiger partial charge in [-0.15, -0.1) is 11.3 Å². The number of rotatable bonds is 7. The number of thiophene rings is 1. The molecule has 0 aliphatic heterocycles. The maximum absolute atomic E-state index is 12.3. The van der Waals surface area contributed by atoms with Gasteiger partial charge in [-0.1, -0.05) is 0 Å². The van der Waals surface area contributed by atoms with Crippen molar-refractivity contribution in [2.75, 3.05) is 11.9 Å². The Kier molecular flexibility index (Phi) is 3.95. The van der Waals surface area contributed by atoms with Gasteiger partial charge in [-0.05, 0) is 44.7 Å². The molecule has 0 bridgehead atoms. The molecule has 2 aromatic rings. The van der Waals surface area contributed by atoms with E-state index in [-0.39, 0.29) is 5.91 Å². The van der Waals surface area contributed by atoms with Gasteiger partial charge in [0.1, 0.15) is 0 Å². The molecule has 0 aromatic carbocycles. The van der Waals surface area contributed by atoms with E-state index in [0.29, 0.717) is 12.0 Å². The van der Waals surface area contributed by atoms with Crippen LogP contribution in [0.1, 0.15) is 47.3 Å². The summed E-state index contributed by atoms with van der Waals surface area (Å²) in [6.07, 6.45) is 7.53. The molecule has 23 heavy (non-hydrogen) atoms. The van der Waals surface area contributed by atoms with Crippen molar-refractivity contribution >= 4 is 22.9 Å². The Labute approximate surface area is 140 Å². The number of carbonyl (C=O) groups is 1. The molecule has 5 nitrogen and oxygen atoms in total. The van der Waals surface area contributed by atoms with Crippen molar-refractivity contribution in [3.05, 3.63) is 34.3 Å². The molecular weight excluding hydrogens is 308 g/mol. The summed E-state index contributed by atoms with van der Waals surface area (Å²) >= 11 is 1.70. The molecule has 2 heterocycles. The summed E-state index contributed by atoms with van der Waals surface area (Å²) < 4.78 is 1.80. The van der Waals surface area contributed by atoms with Crippen LogP contribution in [-0.4, -0.2) is 28.3 Å². The SMILES string of the molecule is CCn1cc(NC(=O)c2csc(C3CC3NCC3CC3)c2)cn1. The van der Waals surface area contributed by atoms with Gasteiger partial charge in [0.05, 0.1) is 17.4 Å². The van der Waals surface area contributed by atoms with Crippen LogP contribution in [0.2, 0.25) is 0 Å². The lowest BCUT2D eigenvalue weighted by Gasteiger charge is -2.01. The van der Waals surface area contributed by atoms with Gasteiger partial charge < -0.3 is 10.6 Å². The molecule has 2 saturated carbocycles. The molecule has 2 unspecified atom stereocenters.